The topological polar surface area (TPSA) is 63.2 Å². The van der Waals surface area contributed by atoms with Crippen LogP contribution in [-0.2, 0) is 16.0 Å². The molecule has 152 valence electrons. The van der Waals surface area contributed by atoms with Crippen molar-refractivity contribution in [1.82, 2.24) is 5.32 Å². The normalized spacial score (nSPS) is 12.7. The predicted octanol–water partition coefficient (Wildman–Crippen LogP) is 4.48. The van der Waals surface area contributed by atoms with Crippen molar-refractivity contribution in [2.75, 3.05) is 6.54 Å². The fourth-order valence-corrected chi connectivity index (χ4v) is 4.00. The van der Waals surface area contributed by atoms with Gasteiger partial charge in [0.15, 0.2) is 9.84 Å². The van der Waals surface area contributed by atoms with Gasteiger partial charge >= 0.3 is 6.18 Å². The quantitative estimate of drug-likeness (QED) is 0.701. The van der Waals surface area contributed by atoms with Gasteiger partial charge < -0.3 is 5.32 Å². The molecule has 0 aliphatic carbocycles. The zero-order valence-corrected chi connectivity index (χ0v) is 16.3. The molecule has 1 amide bonds. The summed E-state index contributed by atoms with van der Waals surface area (Å²) in [5, 5.41) is 2.34. The number of hydrogen-bond acceptors (Lipinski definition) is 3. The molecule has 0 saturated carbocycles. The molecule has 0 saturated heterocycles. The predicted molar refractivity (Wildman–Crippen MR) is 96.5 cm³/mol. The van der Waals surface area contributed by atoms with Crippen molar-refractivity contribution in [3.63, 3.8) is 0 Å². The molecule has 0 aliphatic rings. The molecule has 0 aromatic heterocycles. The highest BCUT2D eigenvalue weighted by molar-refractivity contribution is 7.92. The standard InChI is InChI=1S/C18H16ClF4NO3S/c1-17(2,10-24-16(25)11-6-13(19)9-14(20)7-11)28(26,27)15-5-3-4-12(8-15)18(21,22)23/h3-9H,10H2,1-2H3,(H,24,25). The Hall–Kier alpha value is -2.13. The molecular formula is C18H16ClF4NO3S. The van der Waals surface area contributed by atoms with Crippen LogP contribution in [0, 0.1) is 5.82 Å². The summed E-state index contributed by atoms with van der Waals surface area (Å²) in [5.41, 5.74) is -1.21. The Morgan fingerprint density at radius 2 is 1.75 bits per heavy atom. The van der Waals surface area contributed by atoms with Crippen molar-refractivity contribution in [1.29, 1.82) is 0 Å². The Morgan fingerprint density at radius 1 is 1.11 bits per heavy atom. The summed E-state index contributed by atoms with van der Waals surface area (Å²) in [6.45, 7) is 2.11. The van der Waals surface area contributed by atoms with Gasteiger partial charge in [-0.1, -0.05) is 17.7 Å². The number of benzene rings is 2. The lowest BCUT2D eigenvalue weighted by Crippen LogP contribution is -2.44. The van der Waals surface area contributed by atoms with Gasteiger partial charge in [-0.2, -0.15) is 13.2 Å². The summed E-state index contributed by atoms with van der Waals surface area (Å²) in [6.07, 6.45) is -4.69. The Morgan fingerprint density at radius 3 is 2.32 bits per heavy atom. The van der Waals surface area contributed by atoms with Crippen LogP contribution in [0.1, 0.15) is 29.8 Å². The average Bonchev–Trinajstić information content (AvgIpc) is 2.58. The van der Waals surface area contributed by atoms with Gasteiger partial charge in [-0.25, -0.2) is 12.8 Å². The molecule has 0 spiro atoms. The number of hydrogen-bond donors (Lipinski definition) is 1. The molecule has 4 nitrogen and oxygen atoms in total. The summed E-state index contributed by atoms with van der Waals surface area (Å²) in [7, 11) is -4.23. The number of carbonyl (C=O) groups excluding carboxylic acids is 1. The van der Waals surface area contributed by atoms with Crippen LogP contribution >= 0.6 is 11.6 Å². The molecule has 2 rings (SSSR count). The minimum Gasteiger partial charge on any atom is -0.350 e. The summed E-state index contributed by atoms with van der Waals surface area (Å²) < 4.78 is 75.9. The van der Waals surface area contributed by atoms with Crippen LogP contribution < -0.4 is 5.32 Å². The third kappa shape index (κ3) is 4.82. The van der Waals surface area contributed by atoms with Gasteiger partial charge in [-0.15, -0.1) is 0 Å². The monoisotopic (exact) mass is 437 g/mol. The van der Waals surface area contributed by atoms with E-state index in [0.29, 0.717) is 6.07 Å². The Balaban J connectivity index is 2.24. The van der Waals surface area contributed by atoms with Crippen LogP contribution in [0.4, 0.5) is 17.6 Å². The van der Waals surface area contributed by atoms with Gasteiger partial charge in [0.25, 0.3) is 5.91 Å². The van der Waals surface area contributed by atoms with Gasteiger partial charge in [-0.3, -0.25) is 4.79 Å². The number of amides is 1. The van der Waals surface area contributed by atoms with Crippen molar-refractivity contribution in [3.05, 3.63) is 64.4 Å². The van der Waals surface area contributed by atoms with Crippen LogP contribution in [-0.4, -0.2) is 25.6 Å². The molecule has 10 heteroatoms. The Kier molecular flexibility index (Phi) is 6.10. The number of nitrogens with one attached hydrogen (secondary N) is 1. The van der Waals surface area contributed by atoms with Crippen molar-refractivity contribution < 1.29 is 30.8 Å². The molecule has 2 aromatic carbocycles. The second-order valence-corrected chi connectivity index (χ2v) is 9.65. The van der Waals surface area contributed by atoms with Crippen LogP contribution in [0.2, 0.25) is 5.02 Å². The maximum absolute atomic E-state index is 13.4. The first-order valence-electron chi connectivity index (χ1n) is 7.90. The highest BCUT2D eigenvalue weighted by atomic mass is 35.5. The summed E-state index contributed by atoms with van der Waals surface area (Å²) in [6, 6.07) is 6.50. The van der Waals surface area contributed by atoms with Crippen LogP contribution in [0.5, 0.6) is 0 Å². The lowest BCUT2D eigenvalue weighted by Gasteiger charge is -2.25. The first kappa shape index (κ1) is 22.2. The molecular weight excluding hydrogens is 422 g/mol. The van der Waals surface area contributed by atoms with E-state index in [1.807, 2.05) is 0 Å². The second-order valence-electron chi connectivity index (χ2n) is 6.63. The lowest BCUT2D eigenvalue weighted by molar-refractivity contribution is -0.137. The average molecular weight is 438 g/mol. The Labute approximate surface area is 164 Å². The van der Waals surface area contributed by atoms with Crippen molar-refractivity contribution in [2.45, 2.75) is 29.7 Å². The van der Waals surface area contributed by atoms with Crippen molar-refractivity contribution in [2.24, 2.45) is 0 Å². The van der Waals surface area contributed by atoms with Gasteiger partial charge in [0.1, 0.15) is 5.82 Å². The first-order chi connectivity index (χ1) is 12.7. The third-order valence-corrected chi connectivity index (χ3v) is 6.69. The number of halogens is 5. The van der Waals surface area contributed by atoms with Gasteiger partial charge in [0.05, 0.1) is 15.2 Å². The zero-order valence-electron chi connectivity index (χ0n) is 14.8. The molecule has 0 bridgehead atoms. The number of rotatable bonds is 5. The maximum Gasteiger partial charge on any atom is 0.416 e. The fourth-order valence-electron chi connectivity index (χ4n) is 2.33. The van der Waals surface area contributed by atoms with E-state index in [0.717, 1.165) is 30.3 Å². The molecule has 28 heavy (non-hydrogen) atoms. The lowest BCUT2D eigenvalue weighted by atomic mass is 10.1. The van der Waals surface area contributed by atoms with Crippen LogP contribution in [0.15, 0.2) is 47.4 Å². The Bertz CT molecular complexity index is 984. The van der Waals surface area contributed by atoms with E-state index in [2.05, 4.69) is 5.32 Å². The SMILES string of the molecule is CC(C)(CNC(=O)c1cc(F)cc(Cl)c1)S(=O)(=O)c1cccc(C(F)(F)F)c1. The minimum atomic E-state index is -4.69. The minimum absolute atomic E-state index is 0.0130. The zero-order chi connectivity index (χ0) is 21.3. The van der Waals surface area contributed by atoms with E-state index in [-0.39, 0.29) is 10.6 Å². The molecule has 1 N–H and O–H groups in total. The van der Waals surface area contributed by atoms with Crippen LogP contribution in [0.25, 0.3) is 0 Å². The summed E-state index contributed by atoms with van der Waals surface area (Å²) >= 11 is 5.68. The largest absolute Gasteiger partial charge is 0.416 e. The molecule has 0 unspecified atom stereocenters. The van der Waals surface area contributed by atoms with Crippen LogP contribution in [0.3, 0.4) is 0 Å². The van der Waals surface area contributed by atoms with E-state index < -0.39 is 49.5 Å². The van der Waals surface area contributed by atoms with E-state index in [1.54, 1.807) is 0 Å². The molecule has 0 heterocycles. The smallest absolute Gasteiger partial charge is 0.350 e. The van der Waals surface area contributed by atoms with E-state index in [4.69, 9.17) is 11.6 Å². The molecule has 0 radical (unpaired) electrons. The molecule has 2 aromatic rings. The van der Waals surface area contributed by atoms with Gasteiger partial charge in [0, 0.05) is 17.1 Å². The van der Waals surface area contributed by atoms with Gasteiger partial charge in [-0.05, 0) is 50.2 Å². The fraction of sp³-hybridized carbons (Fsp3) is 0.278. The molecule has 0 fully saturated rings. The van der Waals surface area contributed by atoms with E-state index in [9.17, 15) is 30.8 Å². The molecule has 0 atom stereocenters. The molecule has 0 aliphatic heterocycles. The first-order valence-corrected chi connectivity index (χ1v) is 9.76. The van der Waals surface area contributed by atoms with E-state index in [1.165, 1.54) is 19.9 Å². The van der Waals surface area contributed by atoms with E-state index >= 15 is 0 Å². The third-order valence-electron chi connectivity index (χ3n) is 4.00. The number of alkyl halides is 3. The van der Waals surface area contributed by atoms with Crippen molar-refractivity contribution >= 4 is 27.3 Å². The maximum atomic E-state index is 13.4. The van der Waals surface area contributed by atoms with Gasteiger partial charge in [0.2, 0.25) is 0 Å². The number of sulfone groups is 1. The second kappa shape index (κ2) is 7.71. The summed E-state index contributed by atoms with van der Waals surface area (Å²) in [4.78, 5) is 11.6. The van der Waals surface area contributed by atoms with Crippen molar-refractivity contribution in [3.8, 4) is 0 Å². The summed E-state index contributed by atoms with van der Waals surface area (Å²) in [5.74, 6) is -1.51. The highest BCUT2D eigenvalue weighted by Gasteiger charge is 2.38. The number of carbonyl (C=O) groups is 1. The highest BCUT2D eigenvalue weighted by Crippen LogP contribution is 2.33.